The molecule has 2 aromatic carbocycles. The molecule has 0 N–H and O–H groups in total. The maximum atomic E-state index is 5.47. The quantitative estimate of drug-likeness (QED) is 0.0934. The highest BCUT2D eigenvalue weighted by atomic mass is 14.8. The average molecular weight is 573 g/mol. The third kappa shape index (κ3) is 14.3. The van der Waals surface area contributed by atoms with Crippen LogP contribution < -0.4 is 0 Å². The second-order valence-corrected chi connectivity index (χ2v) is 12.5. The first-order valence-electron chi connectivity index (χ1n) is 18.0. The molecule has 2 heteroatoms. The van der Waals surface area contributed by atoms with Gasteiger partial charge < -0.3 is 0 Å². The molecule has 2 nitrogen and oxygen atoms in total. The summed E-state index contributed by atoms with van der Waals surface area (Å²) in [5, 5.41) is 0. The molecule has 0 aliphatic rings. The summed E-state index contributed by atoms with van der Waals surface area (Å²) >= 11 is 0. The zero-order chi connectivity index (χ0) is 30.4. The normalized spacial score (nSPS) is 12.3. The van der Waals surface area contributed by atoms with Crippen molar-refractivity contribution in [2.24, 2.45) is 9.98 Å². The summed E-state index contributed by atoms with van der Waals surface area (Å²) < 4.78 is 0. The first-order chi connectivity index (χ1) is 20.6. The highest BCUT2D eigenvalue weighted by molar-refractivity contribution is 6.43. The Balaban J connectivity index is 2.61. The minimum absolute atomic E-state index is 1.00. The largest absolute Gasteiger partial charge is 0.252 e. The fourth-order valence-electron chi connectivity index (χ4n) is 5.62. The van der Waals surface area contributed by atoms with Crippen molar-refractivity contribution in [3.8, 4) is 0 Å². The van der Waals surface area contributed by atoms with Crippen molar-refractivity contribution in [2.45, 2.75) is 170 Å². The van der Waals surface area contributed by atoms with Gasteiger partial charge in [-0.3, -0.25) is 9.98 Å². The number of aryl methyl sites for hydroxylation is 4. The highest BCUT2D eigenvalue weighted by Crippen LogP contribution is 2.26. The number of hydrogen-bond acceptors (Lipinski definition) is 2. The molecule has 0 saturated heterocycles. The van der Waals surface area contributed by atoms with Gasteiger partial charge in [0.05, 0.1) is 22.8 Å². The van der Waals surface area contributed by atoms with E-state index in [0.29, 0.717) is 0 Å². The van der Waals surface area contributed by atoms with Gasteiger partial charge in [-0.2, -0.15) is 0 Å². The molecule has 42 heavy (non-hydrogen) atoms. The topological polar surface area (TPSA) is 24.7 Å². The minimum atomic E-state index is 1.00. The highest BCUT2D eigenvalue weighted by Gasteiger charge is 2.13. The second-order valence-electron chi connectivity index (χ2n) is 12.5. The molecule has 0 bridgehead atoms. The summed E-state index contributed by atoms with van der Waals surface area (Å²) in [6.07, 6.45) is 23.8. The third-order valence-electron chi connectivity index (χ3n) is 8.25. The van der Waals surface area contributed by atoms with E-state index in [4.69, 9.17) is 9.98 Å². The van der Waals surface area contributed by atoms with Crippen molar-refractivity contribution in [3.63, 3.8) is 0 Å². The first kappa shape index (κ1) is 36.0. The number of rotatable bonds is 23. The lowest BCUT2D eigenvalue weighted by atomic mass is 9.99. The lowest BCUT2D eigenvalue weighted by molar-refractivity contribution is 0.683. The SMILES string of the molecule is CCCCCCC(=Nc1cc(CCCC)cc(CCCC)c1)C(CCCC)=Nc1cc(CCCC)cc(CCCC)c1. The molecule has 234 valence electrons. The van der Waals surface area contributed by atoms with Crippen LogP contribution in [0, 0.1) is 0 Å². The van der Waals surface area contributed by atoms with Crippen LogP contribution in [-0.2, 0) is 25.7 Å². The van der Waals surface area contributed by atoms with Crippen LogP contribution in [0.5, 0.6) is 0 Å². The summed E-state index contributed by atoms with van der Waals surface area (Å²) in [4.78, 5) is 10.9. The second kappa shape index (κ2) is 22.3. The molecule has 0 aliphatic heterocycles. The monoisotopic (exact) mass is 573 g/mol. The number of unbranched alkanes of at least 4 members (excludes halogenated alkanes) is 8. The molecule has 0 aromatic heterocycles. The maximum absolute atomic E-state index is 5.47. The lowest BCUT2D eigenvalue weighted by Crippen LogP contribution is -2.14. The number of nitrogens with zero attached hydrogens (tertiary/aromatic N) is 2. The summed E-state index contributed by atoms with van der Waals surface area (Å²) in [6, 6.07) is 14.3. The molecule has 0 heterocycles. The smallest absolute Gasteiger partial charge is 0.0639 e. The average Bonchev–Trinajstić information content (AvgIpc) is 3.00. The Morgan fingerprint density at radius 1 is 0.381 bits per heavy atom. The predicted octanol–water partition coefficient (Wildman–Crippen LogP) is 13.1. The van der Waals surface area contributed by atoms with E-state index in [1.165, 1.54) is 117 Å². The first-order valence-corrected chi connectivity index (χ1v) is 18.0. The summed E-state index contributed by atoms with van der Waals surface area (Å²) in [5.41, 5.74) is 10.5. The van der Waals surface area contributed by atoms with Gasteiger partial charge in [0.2, 0.25) is 0 Å². The Labute approximate surface area is 260 Å². The Hall–Kier alpha value is -2.22. The molecule has 0 unspecified atom stereocenters. The zero-order valence-electron chi connectivity index (χ0n) is 28.5. The minimum Gasteiger partial charge on any atom is -0.252 e. The van der Waals surface area contributed by atoms with Gasteiger partial charge in [-0.15, -0.1) is 0 Å². The van der Waals surface area contributed by atoms with Crippen molar-refractivity contribution in [1.82, 2.24) is 0 Å². The molecule has 0 aliphatic carbocycles. The van der Waals surface area contributed by atoms with E-state index in [-0.39, 0.29) is 0 Å². The Morgan fingerprint density at radius 2 is 0.714 bits per heavy atom. The standard InChI is InChI=1S/C40H64N2/c1-7-13-19-20-26-40(42-38-31-35(23-16-10-4)28-36(32-38)24-17-11-5)39(25-18-12-6)41-37-29-33(21-14-8-2)27-34(30-37)22-15-9-3/h27-32H,7-26H2,1-6H3. The number of benzene rings is 2. The van der Waals surface area contributed by atoms with Gasteiger partial charge in [-0.05, 0) is 124 Å². The molecule has 0 atom stereocenters. The van der Waals surface area contributed by atoms with Gasteiger partial charge in [0.15, 0.2) is 0 Å². The van der Waals surface area contributed by atoms with Crippen molar-refractivity contribution >= 4 is 22.8 Å². The van der Waals surface area contributed by atoms with Crippen LogP contribution >= 0.6 is 0 Å². The summed E-state index contributed by atoms with van der Waals surface area (Å²) in [7, 11) is 0. The summed E-state index contributed by atoms with van der Waals surface area (Å²) in [5.74, 6) is 0. The van der Waals surface area contributed by atoms with Gasteiger partial charge in [0.25, 0.3) is 0 Å². The van der Waals surface area contributed by atoms with Gasteiger partial charge in [-0.1, -0.05) is 105 Å². The molecule has 0 amide bonds. The zero-order valence-corrected chi connectivity index (χ0v) is 28.5. The molecule has 0 spiro atoms. The maximum Gasteiger partial charge on any atom is 0.0639 e. The van der Waals surface area contributed by atoms with E-state index in [9.17, 15) is 0 Å². The van der Waals surface area contributed by atoms with Crippen LogP contribution in [0.1, 0.15) is 167 Å². The molecule has 2 aromatic rings. The lowest BCUT2D eigenvalue weighted by Gasteiger charge is -2.14. The van der Waals surface area contributed by atoms with Crippen molar-refractivity contribution in [3.05, 3.63) is 58.7 Å². The predicted molar refractivity (Wildman–Crippen MR) is 190 cm³/mol. The van der Waals surface area contributed by atoms with E-state index in [0.717, 1.165) is 56.3 Å². The van der Waals surface area contributed by atoms with Crippen molar-refractivity contribution in [1.29, 1.82) is 0 Å². The molecule has 0 radical (unpaired) electrons. The van der Waals surface area contributed by atoms with E-state index in [1.807, 2.05) is 0 Å². The molecular formula is C40H64N2. The van der Waals surface area contributed by atoms with Crippen LogP contribution in [0.2, 0.25) is 0 Å². The fraction of sp³-hybridized carbons (Fsp3) is 0.650. The molecular weight excluding hydrogens is 508 g/mol. The molecule has 0 saturated carbocycles. The van der Waals surface area contributed by atoms with Crippen molar-refractivity contribution in [2.75, 3.05) is 0 Å². The number of aliphatic imine (C=N–C) groups is 2. The van der Waals surface area contributed by atoms with Gasteiger partial charge in [0, 0.05) is 0 Å². The van der Waals surface area contributed by atoms with Gasteiger partial charge in [0.1, 0.15) is 0 Å². The molecule has 2 rings (SSSR count). The number of hydrogen-bond donors (Lipinski definition) is 0. The van der Waals surface area contributed by atoms with Crippen LogP contribution in [0.15, 0.2) is 46.4 Å². The van der Waals surface area contributed by atoms with Crippen LogP contribution in [0.3, 0.4) is 0 Å². The van der Waals surface area contributed by atoms with Crippen LogP contribution in [0.25, 0.3) is 0 Å². The Bertz CT molecular complexity index is 1010. The Morgan fingerprint density at radius 3 is 1.05 bits per heavy atom. The van der Waals surface area contributed by atoms with E-state index < -0.39 is 0 Å². The van der Waals surface area contributed by atoms with Crippen LogP contribution in [-0.4, -0.2) is 11.4 Å². The third-order valence-corrected chi connectivity index (χ3v) is 8.25. The fourth-order valence-corrected chi connectivity index (χ4v) is 5.62. The van der Waals surface area contributed by atoms with E-state index >= 15 is 0 Å². The van der Waals surface area contributed by atoms with E-state index in [2.05, 4.69) is 77.9 Å². The molecule has 0 fully saturated rings. The van der Waals surface area contributed by atoms with Crippen molar-refractivity contribution < 1.29 is 0 Å². The Kier molecular flexibility index (Phi) is 19.1. The van der Waals surface area contributed by atoms with Crippen LogP contribution in [0.4, 0.5) is 11.4 Å². The van der Waals surface area contributed by atoms with Gasteiger partial charge in [-0.25, -0.2) is 0 Å². The van der Waals surface area contributed by atoms with Gasteiger partial charge >= 0.3 is 0 Å². The summed E-state index contributed by atoms with van der Waals surface area (Å²) in [6.45, 7) is 13.7. The van der Waals surface area contributed by atoms with E-state index in [1.54, 1.807) is 0 Å².